The van der Waals surface area contributed by atoms with E-state index in [0.29, 0.717) is 17.1 Å². The van der Waals surface area contributed by atoms with Crippen LogP contribution in [0.1, 0.15) is 21.5 Å². The highest BCUT2D eigenvalue weighted by Crippen LogP contribution is 2.23. The molecule has 0 aliphatic carbocycles. The minimum Gasteiger partial charge on any atom is -0.496 e. The van der Waals surface area contributed by atoms with E-state index < -0.39 is 0 Å². The summed E-state index contributed by atoms with van der Waals surface area (Å²) < 4.78 is 29.6. The van der Waals surface area contributed by atoms with E-state index in [1.165, 1.54) is 12.1 Å². The lowest BCUT2D eigenvalue weighted by molar-refractivity contribution is 0.104. The van der Waals surface area contributed by atoms with Gasteiger partial charge in [-0.05, 0) is 72.3 Å². The number of carbonyl (C=O) groups is 1. The van der Waals surface area contributed by atoms with Gasteiger partial charge < -0.3 is 19.1 Å². The Morgan fingerprint density at radius 3 is 2.45 bits per heavy atom. The van der Waals surface area contributed by atoms with Gasteiger partial charge in [0, 0.05) is 29.9 Å². The molecule has 5 nitrogen and oxygen atoms in total. The second kappa shape index (κ2) is 10.8. The number of rotatable bonds is 8. The zero-order valence-electron chi connectivity index (χ0n) is 18.5. The molecule has 3 aromatic rings. The third-order valence-electron chi connectivity index (χ3n) is 5.47. The molecule has 0 unspecified atom stereocenters. The van der Waals surface area contributed by atoms with Crippen molar-refractivity contribution in [2.45, 2.75) is 6.61 Å². The summed E-state index contributed by atoms with van der Waals surface area (Å²) in [5.41, 5.74) is 3.41. The summed E-state index contributed by atoms with van der Waals surface area (Å²) in [4.78, 5) is 14.9. The molecule has 1 saturated heterocycles. The number of nitrogens with zero attached hydrogens (tertiary/aromatic N) is 1. The van der Waals surface area contributed by atoms with E-state index in [2.05, 4.69) is 4.90 Å². The first-order chi connectivity index (χ1) is 16.1. The van der Waals surface area contributed by atoms with Gasteiger partial charge in [0.05, 0.1) is 20.3 Å². The lowest BCUT2D eigenvalue weighted by Gasteiger charge is -2.28. The fourth-order valence-electron chi connectivity index (χ4n) is 3.63. The van der Waals surface area contributed by atoms with E-state index in [9.17, 15) is 9.18 Å². The molecule has 6 heteroatoms. The van der Waals surface area contributed by atoms with Crippen LogP contribution in [0.2, 0.25) is 0 Å². The van der Waals surface area contributed by atoms with Crippen LogP contribution < -0.4 is 14.4 Å². The number of benzene rings is 3. The normalized spacial score (nSPS) is 13.8. The molecule has 1 aliphatic rings. The molecule has 0 radical (unpaired) electrons. The molecule has 0 amide bonds. The minimum absolute atomic E-state index is 0.0662. The van der Waals surface area contributed by atoms with Crippen LogP contribution >= 0.6 is 0 Å². The highest BCUT2D eigenvalue weighted by Gasteiger charge is 2.12. The lowest BCUT2D eigenvalue weighted by Crippen LogP contribution is -2.36. The lowest BCUT2D eigenvalue weighted by atomic mass is 10.1. The van der Waals surface area contributed by atoms with E-state index in [1.807, 2.05) is 42.5 Å². The maximum Gasteiger partial charge on any atom is 0.185 e. The first kappa shape index (κ1) is 22.6. The van der Waals surface area contributed by atoms with Crippen LogP contribution in [0.25, 0.3) is 6.08 Å². The van der Waals surface area contributed by atoms with E-state index in [-0.39, 0.29) is 18.2 Å². The Morgan fingerprint density at radius 1 is 1.03 bits per heavy atom. The highest BCUT2D eigenvalue weighted by molar-refractivity contribution is 6.07. The van der Waals surface area contributed by atoms with Crippen LogP contribution in [-0.2, 0) is 11.3 Å². The summed E-state index contributed by atoms with van der Waals surface area (Å²) in [6.45, 7) is 3.42. The van der Waals surface area contributed by atoms with Gasteiger partial charge in [0.1, 0.15) is 23.9 Å². The average molecular weight is 448 g/mol. The second-order valence-corrected chi connectivity index (χ2v) is 7.66. The summed E-state index contributed by atoms with van der Waals surface area (Å²) in [6.07, 6.45) is 3.34. The molecule has 0 aromatic heterocycles. The van der Waals surface area contributed by atoms with Crippen LogP contribution in [0.15, 0.2) is 72.8 Å². The number of carbonyl (C=O) groups excluding carboxylic acids is 1. The molecule has 170 valence electrons. The van der Waals surface area contributed by atoms with Gasteiger partial charge in [-0.2, -0.15) is 0 Å². The van der Waals surface area contributed by atoms with Gasteiger partial charge in [0.25, 0.3) is 0 Å². The quantitative estimate of drug-likeness (QED) is 0.353. The summed E-state index contributed by atoms with van der Waals surface area (Å²) in [5.74, 6) is 0.866. The Morgan fingerprint density at radius 2 is 1.76 bits per heavy atom. The summed E-state index contributed by atoms with van der Waals surface area (Å²) >= 11 is 0. The number of morpholine rings is 1. The van der Waals surface area contributed by atoms with Gasteiger partial charge in [-0.1, -0.05) is 12.1 Å². The largest absolute Gasteiger partial charge is 0.496 e. The maximum atomic E-state index is 13.1. The maximum absolute atomic E-state index is 13.1. The number of ether oxygens (including phenoxy) is 3. The van der Waals surface area contributed by atoms with Crippen LogP contribution in [0.5, 0.6) is 11.5 Å². The smallest absolute Gasteiger partial charge is 0.185 e. The molecule has 3 aromatic carbocycles. The SMILES string of the molecule is COc1ccc(/C=C/C(=O)c2ccc(N3CCOCC3)cc2)cc1COc1ccc(F)cc1. The monoisotopic (exact) mass is 447 g/mol. The number of ketones is 1. The van der Waals surface area contributed by atoms with Gasteiger partial charge in [0.2, 0.25) is 0 Å². The summed E-state index contributed by atoms with van der Waals surface area (Å²) in [5, 5.41) is 0. The van der Waals surface area contributed by atoms with Crippen LogP contribution in [0.4, 0.5) is 10.1 Å². The van der Waals surface area contributed by atoms with Gasteiger partial charge in [-0.3, -0.25) is 4.79 Å². The van der Waals surface area contributed by atoms with Gasteiger partial charge >= 0.3 is 0 Å². The van der Waals surface area contributed by atoms with E-state index in [1.54, 1.807) is 31.4 Å². The molecule has 0 N–H and O–H groups in total. The standard InChI is InChI=1S/C27H26FNO4/c1-31-27-13-3-20(18-22(27)19-33-25-10-6-23(28)7-11-25)2-12-26(30)21-4-8-24(9-5-21)29-14-16-32-17-15-29/h2-13,18H,14-17,19H2,1H3/b12-2+. The number of allylic oxidation sites excluding steroid dienone is 1. The first-order valence-electron chi connectivity index (χ1n) is 10.8. The molecular formula is C27H26FNO4. The van der Waals surface area contributed by atoms with Crippen LogP contribution in [-0.4, -0.2) is 39.2 Å². The van der Waals surface area contributed by atoms with Crippen molar-refractivity contribution in [3.05, 3.63) is 95.3 Å². The zero-order chi connectivity index (χ0) is 23.0. The number of anilines is 1. The van der Waals surface area contributed by atoms with E-state index in [0.717, 1.165) is 43.1 Å². The van der Waals surface area contributed by atoms with Crippen molar-refractivity contribution in [2.24, 2.45) is 0 Å². The molecule has 0 spiro atoms. The Hall–Kier alpha value is -3.64. The van der Waals surface area contributed by atoms with Crippen molar-refractivity contribution in [2.75, 3.05) is 38.3 Å². The van der Waals surface area contributed by atoms with Crippen LogP contribution in [0.3, 0.4) is 0 Å². The molecule has 1 heterocycles. The number of methoxy groups -OCH3 is 1. The second-order valence-electron chi connectivity index (χ2n) is 7.66. The van der Waals surface area contributed by atoms with Gasteiger partial charge in [-0.25, -0.2) is 4.39 Å². The molecule has 1 fully saturated rings. The van der Waals surface area contributed by atoms with Gasteiger partial charge in [-0.15, -0.1) is 0 Å². The predicted molar refractivity (Wildman–Crippen MR) is 127 cm³/mol. The Kier molecular flexibility index (Phi) is 7.37. The van der Waals surface area contributed by atoms with Crippen molar-refractivity contribution < 1.29 is 23.4 Å². The van der Waals surface area contributed by atoms with Crippen molar-refractivity contribution in [1.82, 2.24) is 0 Å². The topological polar surface area (TPSA) is 48.0 Å². The number of hydrogen-bond donors (Lipinski definition) is 0. The molecule has 33 heavy (non-hydrogen) atoms. The zero-order valence-corrected chi connectivity index (χ0v) is 18.5. The van der Waals surface area contributed by atoms with Gasteiger partial charge in [0.15, 0.2) is 5.78 Å². The third kappa shape index (κ3) is 5.99. The Bertz CT molecular complexity index is 1100. The Labute approximate surface area is 193 Å². The number of hydrogen-bond acceptors (Lipinski definition) is 5. The predicted octanol–water partition coefficient (Wildman–Crippen LogP) is 5.15. The van der Waals surface area contributed by atoms with Crippen LogP contribution in [0, 0.1) is 5.82 Å². The Balaban J connectivity index is 1.41. The molecule has 0 bridgehead atoms. The first-order valence-corrected chi connectivity index (χ1v) is 10.8. The molecular weight excluding hydrogens is 421 g/mol. The molecule has 1 aliphatic heterocycles. The van der Waals surface area contributed by atoms with Crippen molar-refractivity contribution >= 4 is 17.5 Å². The summed E-state index contributed by atoms with van der Waals surface area (Å²) in [6, 6.07) is 19.2. The molecule has 4 rings (SSSR count). The third-order valence-corrected chi connectivity index (χ3v) is 5.47. The van der Waals surface area contributed by atoms with Crippen molar-refractivity contribution in [3.63, 3.8) is 0 Å². The highest BCUT2D eigenvalue weighted by atomic mass is 19.1. The fourth-order valence-corrected chi connectivity index (χ4v) is 3.63. The fraction of sp³-hybridized carbons (Fsp3) is 0.222. The van der Waals surface area contributed by atoms with E-state index in [4.69, 9.17) is 14.2 Å². The average Bonchev–Trinajstić information content (AvgIpc) is 2.87. The molecule has 0 saturated carbocycles. The molecule has 0 atom stereocenters. The van der Waals surface area contributed by atoms with Crippen molar-refractivity contribution in [1.29, 1.82) is 0 Å². The minimum atomic E-state index is -0.313. The number of halogens is 1. The summed E-state index contributed by atoms with van der Waals surface area (Å²) in [7, 11) is 1.59. The van der Waals surface area contributed by atoms with Crippen molar-refractivity contribution in [3.8, 4) is 11.5 Å². The van der Waals surface area contributed by atoms with E-state index >= 15 is 0 Å².